The lowest BCUT2D eigenvalue weighted by Gasteiger charge is -2.19. The Balaban J connectivity index is 2.06. The van der Waals surface area contributed by atoms with Crippen molar-refractivity contribution in [3.05, 3.63) is 65.2 Å². The highest BCUT2D eigenvalue weighted by Gasteiger charge is 2.12. The number of hydrogen-bond acceptors (Lipinski definition) is 3. The lowest BCUT2D eigenvalue weighted by atomic mass is 10.1. The maximum Gasteiger partial charge on any atom is 0.253 e. The lowest BCUT2D eigenvalue weighted by Crippen LogP contribution is -2.26. The summed E-state index contributed by atoms with van der Waals surface area (Å²) in [4.78, 5) is 16.3. The summed E-state index contributed by atoms with van der Waals surface area (Å²) in [5.74, 6) is 0.0136. The molecule has 0 unspecified atom stereocenters. The molecule has 0 spiro atoms. The summed E-state index contributed by atoms with van der Waals surface area (Å²) in [7, 11) is 7.50. The third kappa shape index (κ3) is 4.57. The summed E-state index contributed by atoms with van der Waals surface area (Å²) in [6, 6.07) is 15.8. The third-order valence-corrected chi connectivity index (χ3v) is 3.70. The van der Waals surface area contributed by atoms with Crippen molar-refractivity contribution in [3.8, 4) is 0 Å². The Morgan fingerprint density at radius 2 is 1.70 bits per heavy atom. The van der Waals surface area contributed by atoms with Gasteiger partial charge >= 0.3 is 0 Å². The van der Waals surface area contributed by atoms with Gasteiger partial charge in [0.2, 0.25) is 0 Å². The van der Waals surface area contributed by atoms with Gasteiger partial charge in [-0.05, 0) is 35.4 Å². The Morgan fingerprint density at radius 1 is 1.00 bits per heavy atom. The molecular weight excluding hydrogens is 288 g/mol. The Bertz CT molecular complexity index is 651. The van der Waals surface area contributed by atoms with E-state index in [1.807, 2.05) is 45.4 Å². The van der Waals surface area contributed by atoms with Gasteiger partial charge in [0.05, 0.1) is 6.61 Å². The van der Waals surface area contributed by atoms with E-state index in [9.17, 15) is 4.79 Å². The first kappa shape index (κ1) is 17.0. The smallest absolute Gasteiger partial charge is 0.253 e. The molecule has 0 saturated carbocycles. The predicted octanol–water partition coefficient (Wildman–Crippen LogP) is 3.17. The summed E-state index contributed by atoms with van der Waals surface area (Å²) < 4.78 is 5.12. The van der Waals surface area contributed by atoms with Gasteiger partial charge in [0.1, 0.15) is 0 Å². The summed E-state index contributed by atoms with van der Waals surface area (Å²) in [6.45, 7) is 1.10. The molecule has 2 aromatic carbocycles. The first-order chi connectivity index (χ1) is 11.0. The van der Waals surface area contributed by atoms with E-state index in [0.717, 1.165) is 16.8 Å². The Hall–Kier alpha value is -2.33. The maximum absolute atomic E-state index is 12.6. The van der Waals surface area contributed by atoms with E-state index in [0.29, 0.717) is 18.7 Å². The van der Waals surface area contributed by atoms with E-state index in [2.05, 4.69) is 29.2 Å². The number of ether oxygens (including phenoxy) is 1. The summed E-state index contributed by atoms with van der Waals surface area (Å²) in [5, 5.41) is 0. The molecule has 2 aromatic rings. The minimum absolute atomic E-state index is 0.0136. The molecule has 0 saturated heterocycles. The van der Waals surface area contributed by atoms with Gasteiger partial charge in [-0.3, -0.25) is 4.79 Å². The van der Waals surface area contributed by atoms with E-state index in [1.165, 1.54) is 0 Å². The van der Waals surface area contributed by atoms with Crippen LogP contribution in [0.15, 0.2) is 48.5 Å². The number of amides is 1. The van der Waals surface area contributed by atoms with Crippen LogP contribution in [0.25, 0.3) is 0 Å². The molecule has 0 aliphatic carbocycles. The van der Waals surface area contributed by atoms with Crippen LogP contribution in [0.4, 0.5) is 5.69 Å². The average Bonchev–Trinajstić information content (AvgIpc) is 2.55. The molecule has 4 heteroatoms. The van der Waals surface area contributed by atoms with Gasteiger partial charge < -0.3 is 14.5 Å². The standard InChI is InChI=1S/C19H24N2O2/c1-20(2)18-10-8-15(9-11-18)13-21(3)19(22)17-7-5-6-16(12-17)14-23-4/h5-12H,13-14H2,1-4H3. The highest BCUT2D eigenvalue weighted by molar-refractivity contribution is 5.94. The molecule has 0 aliphatic heterocycles. The molecule has 0 N–H and O–H groups in total. The average molecular weight is 312 g/mol. The van der Waals surface area contributed by atoms with Gasteiger partial charge in [-0.15, -0.1) is 0 Å². The number of anilines is 1. The number of hydrogen-bond donors (Lipinski definition) is 0. The zero-order valence-electron chi connectivity index (χ0n) is 14.2. The fourth-order valence-corrected chi connectivity index (χ4v) is 2.43. The largest absolute Gasteiger partial charge is 0.380 e. The molecule has 0 aromatic heterocycles. The van der Waals surface area contributed by atoms with Crippen LogP contribution in [-0.4, -0.2) is 39.1 Å². The number of carbonyl (C=O) groups excluding carboxylic acids is 1. The van der Waals surface area contributed by atoms with Gasteiger partial charge in [-0.1, -0.05) is 24.3 Å². The second-order valence-electron chi connectivity index (χ2n) is 5.86. The third-order valence-electron chi connectivity index (χ3n) is 3.70. The quantitative estimate of drug-likeness (QED) is 0.821. The molecule has 0 radical (unpaired) electrons. The van der Waals surface area contributed by atoms with Crippen molar-refractivity contribution in [2.24, 2.45) is 0 Å². The van der Waals surface area contributed by atoms with Gasteiger partial charge in [-0.2, -0.15) is 0 Å². The van der Waals surface area contributed by atoms with E-state index in [-0.39, 0.29) is 5.91 Å². The lowest BCUT2D eigenvalue weighted by molar-refractivity contribution is 0.0784. The fraction of sp³-hybridized carbons (Fsp3) is 0.316. The van der Waals surface area contributed by atoms with Crippen LogP contribution < -0.4 is 4.90 Å². The van der Waals surface area contributed by atoms with Crippen LogP contribution in [0.1, 0.15) is 21.5 Å². The van der Waals surface area contributed by atoms with E-state index < -0.39 is 0 Å². The van der Waals surface area contributed by atoms with Crippen LogP contribution in [-0.2, 0) is 17.9 Å². The molecule has 0 heterocycles. The first-order valence-electron chi connectivity index (χ1n) is 7.61. The monoisotopic (exact) mass is 312 g/mol. The van der Waals surface area contributed by atoms with Crippen molar-refractivity contribution >= 4 is 11.6 Å². The minimum Gasteiger partial charge on any atom is -0.380 e. The van der Waals surface area contributed by atoms with Gasteiger partial charge in [0.15, 0.2) is 0 Å². The highest BCUT2D eigenvalue weighted by atomic mass is 16.5. The number of nitrogens with zero attached hydrogens (tertiary/aromatic N) is 2. The van der Waals surface area contributed by atoms with Crippen LogP contribution in [0.3, 0.4) is 0 Å². The maximum atomic E-state index is 12.6. The van der Waals surface area contributed by atoms with Crippen molar-refractivity contribution < 1.29 is 9.53 Å². The van der Waals surface area contributed by atoms with Crippen molar-refractivity contribution in [2.45, 2.75) is 13.2 Å². The zero-order chi connectivity index (χ0) is 16.8. The van der Waals surface area contributed by atoms with Crippen LogP contribution in [0.5, 0.6) is 0 Å². The van der Waals surface area contributed by atoms with Crippen molar-refractivity contribution in [2.75, 3.05) is 33.2 Å². The number of carbonyl (C=O) groups is 1. The SMILES string of the molecule is COCc1cccc(C(=O)N(C)Cc2ccc(N(C)C)cc2)c1. The van der Waals surface area contributed by atoms with Crippen LogP contribution >= 0.6 is 0 Å². The van der Waals surface area contributed by atoms with Gasteiger partial charge in [-0.25, -0.2) is 0 Å². The van der Waals surface area contributed by atoms with Gasteiger partial charge in [0.25, 0.3) is 5.91 Å². The molecular formula is C19H24N2O2. The molecule has 0 aliphatic rings. The van der Waals surface area contributed by atoms with Crippen LogP contribution in [0, 0.1) is 0 Å². The molecule has 1 amide bonds. The topological polar surface area (TPSA) is 32.8 Å². The molecule has 0 bridgehead atoms. The highest BCUT2D eigenvalue weighted by Crippen LogP contribution is 2.15. The second-order valence-corrected chi connectivity index (χ2v) is 5.86. The molecule has 2 rings (SSSR count). The molecule has 0 atom stereocenters. The van der Waals surface area contributed by atoms with Crippen molar-refractivity contribution in [3.63, 3.8) is 0 Å². The Morgan fingerprint density at radius 3 is 2.30 bits per heavy atom. The molecule has 122 valence electrons. The zero-order valence-corrected chi connectivity index (χ0v) is 14.2. The van der Waals surface area contributed by atoms with Crippen LogP contribution in [0.2, 0.25) is 0 Å². The van der Waals surface area contributed by atoms with E-state index in [1.54, 1.807) is 12.0 Å². The Kier molecular flexibility index (Phi) is 5.77. The predicted molar refractivity (Wildman–Crippen MR) is 93.7 cm³/mol. The summed E-state index contributed by atoms with van der Waals surface area (Å²) in [5.41, 5.74) is 3.95. The first-order valence-corrected chi connectivity index (χ1v) is 7.61. The Labute approximate surface area is 138 Å². The van der Waals surface area contributed by atoms with Gasteiger partial charge in [0, 0.05) is 46.0 Å². The molecule has 4 nitrogen and oxygen atoms in total. The van der Waals surface area contributed by atoms with Crippen molar-refractivity contribution in [1.29, 1.82) is 0 Å². The fourth-order valence-electron chi connectivity index (χ4n) is 2.43. The minimum atomic E-state index is 0.0136. The van der Waals surface area contributed by atoms with E-state index in [4.69, 9.17) is 4.74 Å². The summed E-state index contributed by atoms with van der Waals surface area (Å²) >= 11 is 0. The second kappa shape index (κ2) is 7.79. The normalized spacial score (nSPS) is 10.4. The molecule has 23 heavy (non-hydrogen) atoms. The van der Waals surface area contributed by atoms with Crippen molar-refractivity contribution in [1.82, 2.24) is 4.90 Å². The number of methoxy groups -OCH3 is 1. The summed E-state index contributed by atoms with van der Waals surface area (Å²) in [6.07, 6.45) is 0. The molecule has 0 fully saturated rings. The van der Waals surface area contributed by atoms with E-state index >= 15 is 0 Å². The number of benzene rings is 2. The number of rotatable bonds is 6.